The molecule has 0 heterocycles. The molecule has 6 heteroatoms. The summed E-state index contributed by atoms with van der Waals surface area (Å²) in [6.45, 7) is 0. The molecule has 1 aliphatic carbocycles. The third-order valence-electron chi connectivity index (χ3n) is 3.61. The number of nitrogens with two attached hydrogens (primary N) is 1. The molecular formula is C13H17ClFNO3. The number of benzene rings is 1. The van der Waals surface area contributed by atoms with Gasteiger partial charge in [-0.3, -0.25) is 0 Å². The van der Waals surface area contributed by atoms with E-state index in [4.69, 9.17) is 10.8 Å². The van der Waals surface area contributed by atoms with Crippen molar-refractivity contribution in [3.8, 4) is 5.75 Å². The first-order valence-corrected chi connectivity index (χ1v) is 6.02. The summed E-state index contributed by atoms with van der Waals surface area (Å²) in [5.41, 5.74) is 6.03. The maximum atomic E-state index is 13.5. The van der Waals surface area contributed by atoms with Crippen LogP contribution in [0.25, 0.3) is 0 Å². The quantitative estimate of drug-likeness (QED) is 0.799. The molecule has 106 valence electrons. The number of carbonyl (C=O) groups is 1. The highest BCUT2D eigenvalue weighted by molar-refractivity contribution is 5.88. The molecule has 0 spiro atoms. The summed E-state index contributed by atoms with van der Waals surface area (Å²) in [6, 6.07) is 1.56. The molecule has 1 aromatic rings. The van der Waals surface area contributed by atoms with Gasteiger partial charge in [-0.15, -0.1) is 12.4 Å². The molecule has 19 heavy (non-hydrogen) atoms. The predicted molar refractivity (Wildman–Crippen MR) is 71.2 cm³/mol. The number of halogens is 2. The first kappa shape index (κ1) is 15.7. The minimum Gasteiger partial charge on any atom is -0.505 e. The lowest BCUT2D eigenvalue weighted by Crippen LogP contribution is -2.20. The van der Waals surface area contributed by atoms with Crippen molar-refractivity contribution in [2.75, 3.05) is 0 Å². The zero-order chi connectivity index (χ0) is 13.3. The van der Waals surface area contributed by atoms with Gasteiger partial charge in [0.1, 0.15) is 0 Å². The van der Waals surface area contributed by atoms with E-state index < -0.39 is 23.6 Å². The summed E-state index contributed by atoms with van der Waals surface area (Å²) in [6.07, 6.45) is 4.00. The third-order valence-corrected chi connectivity index (χ3v) is 3.61. The van der Waals surface area contributed by atoms with Gasteiger partial charge in [-0.1, -0.05) is 12.8 Å². The third kappa shape index (κ3) is 3.16. The summed E-state index contributed by atoms with van der Waals surface area (Å²) in [7, 11) is 0. The van der Waals surface area contributed by atoms with E-state index in [1.807, 2.05) is 0 Å². The van der Waals surface area contributed by atoms with Gasteiger partial charge in [-0.05, 0) is 30.9 Å². The molecule has 4 N–H and O–H groups in total. The van der Waals surface area contributed by atoms with Crippen LogP contribution in [-0.2, 0) is 0 Å². The number of rotatable bonds is 3. The van der Waals surface area contributed by atoms with Crippen LogP contribution in [0.15, 0.2) is 12.1 Å². The Bertz CT molecular complexity index is 475. The molecular weight excluding hydrogens is 273 g/mol. The van der Waals surface area contributed by atoms with Gasteiger partial charge in [0.15, 0.2) is 11.6 Å². The molecule has 1 aliphatic rings. The van der Waals surface area contributed by atoms with E-state index >= 15 is 0 Å². The number of hydrogen-bond donors (Lipinski definition) is 3. The first-order valence-electron chi connectivity index (χ1n) is 6.02. The minimum absolute atomic E-state index is 0. The SMILES string of the molecule is Cl.N[C@@H](c1cc(C(=O)O)cc(F)c1O)C1CCCC1. The van der Waals surface area contributed by atoms with Crippen LogP contribution in [0.5, 0.6) is 5.75 Å². The fourth-order valence-electron chi connectivity index (χ4n) is 2.57. The second-order valence-electron chi connectivity index (χ2n) is 4.77. The average Bonchev–Trinajstić information content (AvgIpc) is 2.85. The van der Waals surface area contributed by atoms with Crippen LogP contribution < -0.4 is 5.73 Å². The lowest BCUT2D eigenvalue weighted by Gasteiger charge is -2.20. The smallest absolute Gasteiger partial charge is 0.335 e. The van der Waals surface area contributed by atoms with Crippen LogP contribution in [0, 0.1) is 11.7 Å². The van der Waals surface area contributed by atoms with Gasteiger partial charge in [-0.2, -0.15) is 0 Å². The van der Waals surface area contributed by atoms with Crippen molar-refractivity contribution in [3.63, 3.8) is 0 Å². The summed E-state index contributed by atoms with van der Waals surface area (Å²) >= 11 is 0. The number of aromatic hydroxyl groups is 1. The Labute approximate surface area is 116 Å². The van der Waals surface area contributed by atoms with Crippen LogP contribution in [0.3, 0.4) is 0 Å². The lowest BCUT2D eigenvalue weighted by atomic mass is 9.91. The molecule has 2 rings (SSSR count). The zero-order valence-electron chi connectivity index (χ0n) is 10.3. The topological polar surface area (TPSA) is 83.6 Å². The number of phenols is 1. The first-order chi connectivity index (χ1) is 8.50. The van der Waals surface area contributed by atoms with Crippen LogP contribution in [0.2, 0.25) is 0 Å². The number of hydrogen-bond acceptors (Lipinski definition) is 3. The van der Waals surface area contributed by atoms with Crippen LogP contribution >= 0.6 is 12.4 Å². The minimum atomic E-state index is -1.23. The van der Waals surface area contributed by atoms with E-state index in [1.54, 1.807) is 0 Å². The number of carboxylic acid groups (broad SMARTS) is 1. The molecule has 1 aromatic carbocycles. The summed E-state index contributed by atoms with van der Waals surface area (Å²) in [5.74, 6) is -2.51. The lowest BCUT2D eigenvalue weighted by molar-refractivity contribution is 0.0696. The fourth-order valence-corrected chi connectivity index (χ4v) is 2.57. The van der Waals surface area contributed by atoms with Crippen molar-refractivity contribution < 1.29 is 19.4 Å². The van der Waals surface area contributed by atoms with Crippen LogP contribution in [-0.4, -0.2) is 16.2 Å². The summed E-state index contributed by atoms with van der Waals surface area (Å²) in [4.78, 5) is 10.9. The second kappa shape index (κ2) is 6.21. The van der Waals surface area contributed by atoms with E-state index in [9.17, 15) is 14.3 Å². The molecule has 0 radical (unpaired) electrons. The summed E-state index contributed by atoms with van der Waals surface area (Å²) in [5, 5.41) is 18.6. The van der Waals surface area contributed by atoms with Gasteiger partial charge in [0.2, 0.25) is 0 Å². The fraction of sp³-hybridized carbons (Fsp3) is 0.462. The molecule has 4 nitrogen and oxygen atoms in total. The van der Waals surface area contributed by atoms with Crippen LogP contribution in [0.1, 0.15) is 47.6 Å². The van der Waals surface area contributed by atoms with Gasteiger partial charge < -0.3 is 15.9 Å². The van der Waals surface area contributed by atoms with Gasteiger partial charge in [0.25, 0.3) is 0 Å². The van der Waals surface area contributed by atoms with Gasteiger partial charge in [0.05, 0.1) is 5.56 Å². The normalized spacial score (nSPS) is 16.9. The van der Waals surface area contributed by atoms with E-state index in [0.29, 0.717) is 0 Å². The maximum absolute atomic E-state index is 13.5. The molecule has 0 saturated heterocycles. The van der Waals surface area contributed by atoms with Gasteiger partial charge >= 0.3 is 5.97 Å². The van der Waals surface area contributed by atoms with E-state index in [2.05, 4.69) is 0 Å². The highest BCUT2D eigenvalue weighted by Crippen LogP contribution is 2.38. The largest absolute Gasteiger partial charge is 0.505 e. The van der Waals surface area contributed by atoms with Gasteiger partial charge in [0, 0.05) is 11.6 Å². The average molecular weight is 290 g/mol. The molecule has 0 amide bonds. The van der Waals surface area contributed by atoms with Crippen molar-refractivity contribution in [3.05, 3.63) is 29.1 Å². The molecule has 0 aliphatic heterocycles. The standard InChI is InChI=1S/C13H16FNO3.ClH/c14-10-6-8(13(17)18)5-9(12(10)16)11(15)7-3-1-2-4-7;/h5-7,11,16H,1-4,15H2,(H,17,18);1H/t11-;/m1./s1. The highest BCUT2D eigenvalue weighted by atomic mass is 35.5. The Morgan fingerprint density at radius 2 is 1.95 bits per heavy atom. The maximum Gasteiger partial charge on any atom is 0.335 e. The van der Waals surface area contributed by atoms with Crippen molar-refractivity contribution in [1.82, 2.24) is 0 Å². The molecule has 1 fully saturated rings. The van der Waals surface area contributed by atoms with Crippen molar-refractivity contribution in [2.45, 2.75) is 31.7 Å². The monoisotopic (exact) mass is 289 g/mol. The molecule has 0 unspecified atom stereocenters. The number of phenolic OH excluding ortho intramolecular Hbond substituents is 1. The Hall–Kier alpha value is -1.33. The number of aromatic carboxylic acids is 1. The van der Waals surface area contributed by atoms with Gasteiger partial charge in [-0.25, -0.2) is 9.18 Å². The Morgan fingerprint density at radius 1 is 1.37 bits per heavy atom. The molecule has 0 bridgehead atoms. The van der Waals surface area contributed by atoms with Crippen molar-refractivity contribution >= 4 is 18.4 Å². The second-order valence-corrected chi connectivity index (χ2v) is 4.77. The predicted octanol–water partition coefficient (Wildman–Crippen LogP) is 2.84. The van der Waals surface area contributed by atoms with Crippen molar-refractivity contribution in [1.29, 1.82) is 0 Å². The Morgan fingerprint density at radius 3 is 2.47 bits per heavy atom. The van der Waals surface area contributed by atoms with Crippen LogP contribution in [0.4, 0.5) is 4.39 Å². The molecule has 0 aromatic heterocycles. The summed E-state index contributed by atoms with van der Waals surface area (Å²) < 4.78 is 13.5. The Balaban J connectivity index is 0.00000180. The van der Waals surface area contributed by atoms with E-state index in [0.717, 1.165) is 31.7 Å². The number of carboxylic acids is 1. The van der Waals surface area contributed by atoms with Crippen molar-refractivity contribution in [2.24, 2.45) is 11.7 Å². The highest BCUT2D eigenvalue weighted by Gasteiger charge is 2.27. The van der Waals surface area contributed by atoms with E-state index in [-0.39, 0.29) is 29.5 Å². The zero-order valence-corrected chi connectivity index (χ0v) is 11.1. The van der Waals surface area contributed by atoms with E-state index in [1.165, 1.54) is 6.07 Å². The Kier molecular flexibility index (Phi) is 5.14. The molecule has 1 atom stereocenters. The molecule has 1 saturated carbocycles.